The maximum atomic E-state index is 3.53. The molecule has 0 radical (unpaired) electrons. The van der Waals surface area contributed by atoms with Gasteiger partial charge in [0.1, 0.15) is 0 Å². The van der Waals surface area contributed by atoms with Gasteiger partial charge in [-0.15, -0.1) is 0 Å². The van der Waals surface area contributed by atoms with Gasteiger partial charge in [-0.3, -0.25) is 0 Å². The van der Waals surface area contributed by atoms with Crippen LogP contribution in [0.3, 0.4) is 0 Å². The predicted molar refractivity (Wildman–Crippen MR) is 110 cm³/mol. The molecule has 4 rings (SSSR count). The maximum Gasteiger partial charge on any atom is 0.0379 e. The third kappa shape index (κ3) is 4.05. The number of hydrogen-bond donors (Lipinski definition) is 1. The van der Waals surface area contributed by atoms with Gasteiger partial charge in [0.15, 0.2) is 0 Å². The first-order chi connectivity index (χ1) is 12.9. The van der Waals surface area contributed by atoms with E-state index in [1.54, 1.807) is 0 Å². The van der Waals surface area contributed by atoms with Crippen LogP contribution >= 0.6 is 0 Å². The zero-order valence-electron chi connectivity index (χ0n) is 14.7. The summed E-state index contributed by atoms with van der Waals surface area (Å²) in [4.78, 5) is 0. The molecule has 3 aromatic rings. The lowest BCUT2D eigenvalue weighted by Gasteiger charge is -2.21. The summed E-state index contributed by atoms with van der Waals surface area (Å²) >= 11 is 0. The second-order valence-corrected chi connectivity index (χ2v) is 6.58. The topological polar surface area (TPSA) is 12.0 Å². The van der Waals surface area contributed by atoms with Crippen LogP contribution in [0.15, 0.2) is 84.4 Å². The van der Waals surface area contributed by atoms with Crippen LogP contribution in [-0.2, 0) is 12.8 Å². The second kappa shape index (κ2) is 7.76. The van der Waals surface area contributed by atoms with E-state index in [0.717, 1.165) is 24.9 Å². The summed E-state index contributed by atoms with van der Waals surface area (Å²) < 4.78 is 0. The highest BCUT2D eigenvalue weighted by Gasteiger charge is 2.12. The van der Waals surface area contributed by atoms with Gasteiger partial charge in [-0.1, -0.05) is 78.6 Å². The first-order valence-corrected chi connectivity index (χ1v) is 9.01. The zero-order chi connectivity index (χ0) is 17.6. The Labute approximate surface area is 155 Å². The van der Waals surface area contributed by atoms with Crippen molar-refractivity contribution in [2.24, 2.45) is 0 Å². The summed E-state index contributed by atoms with van der Waals surface area (Å²) in [5, 5.41) is 3.53. The molecule has 0 atom stereocenters. The van der Waals surface area contributed by atoms with Crippen molar-refractivity contribution in [2.75, 3.05) is 11.9 Å². The van der Waals surface area contributed by atoms with Crippen molar-refractivity contribution in [1.29, 1.82) is 0 Å². The number of rotatable bonds is 2. The van der Waals surface area contributed by atoms with Gasteiger partial charge < -0.3 is 5.32 Å². The molecular weight excluding hydrogens is 314 g/mol. The molecule has 1 aliphatic rings. The van der Waals surface area contributed by atoms with Crippen LogP contribution in [0.2, 0.25) is 0 Å². The van der Waals surface area contributed by atoms with Crippen LogP contribution in [0.1, 0.15) is 22.3 Å². The van der Waals surface area contributed by atoms with E-state index >= 15 is 0 Å². The van der Waals surface area contributed by atoms with Crippen molar-refractivity contribution in [1.82, 2.24) is 0 Å². The Morgan fingerprint density at radius 1 is 0.885 bits per heavy atom. The first kappa shape index (κ1) is 16.2. The molecule has 1 N–H and O–H groups in total. The zero-order valence-corrected chi connectivity index (χ0v) is 14.7. The molecule has 0 aromatic heterocycles. The minimum absolute atomic E-state index is 0.787. The molecule has 3 aromatic carbocycles. The number of benzene rings is 3. The lowest BCUT2D eigenvalue weighted by atomic mass is 9.95. The highest BCUT2D eigenvalue weighted by molar-refractivity contribution is 5.64. The fraction of sp³-hybridized carbons (Fsp3) is 0.120. The van der Waals surface area contributed by atoms with Gasteiger partial charge in [-0.05, 0) is 46.9 Å². The number of hydrogen-bond acceptors (Lipinski definition) is 1. The first-order valence-electron chi connectivity index (χ1n) is 9.01. The minimum Gasteiger partial charge on any atom is -0.381 e. The maximum absolute atomic E-state index is 3.53. The molecule has 0 spiro atoms. The van der Waals surface area contributed by atoms with Gasteiger partial charge in [-0.2, -0.15) is 0 Å². The lowest BCUT2D eigenvalue weighted by molar-refractivity contribution is 1.04. The lowest BCUT2D eigenvalue weighted by Crippen LogP contribution is -2.15. The van der Waals surface area contributed by atoms with E-state index in [2.05, 4.69) is 96.0 Å². The van der Waals surface area contributed by atoms with Crippen molar-refractivity contribution in [3.05, 3.63) is 107 Å². The van der Waals surface area contributed by atoms with Crippen LogP contribution in [0, 0.1) is 11.8 Å². The quantitative estimate of drug-likeness (QED) is 0.624. The Morgan fingerprint density at radius 3 is 2.46 bits per heavy atom. The van der Waals surface area contributed by atoms with E-state index in [1.165, 1.54) is 28.0 Å². The molecule has 0 fully saturated rings. The van der Waals surface area contributed by atoms with Crippen molar-refractivity contribution >= 4 is 11.8 Å². The van der Waals surface area contributed by atoms with Gasteiger partial charge in [0.25, 0.3) is 0 Å². The van der Waals surface area contributed by atoms with Gasteiger partial charge in [0.2, 0.25) is 0 Å². The van der Waals surface area contributed by atoms with E-state index in [-0.39, 0.29) is 0 Å². The molecule has 1 aliphatic heterocycles. The average molecular weight is 335 g/mol. The summed E-state index contributed by atoms with van der Waals surface area (Å²) in [7, 11) is 0. The number of nitrogens with one attached hydrogen (secondary N) is 1. The van der Waals surface area contributed by atoms with Gasteiger partial charge >= 0.3 is 0 Å². The van der Waals surface area contributed by atoms with Crippen LogP contribution in [0.25, 0.3) is 6.08 Å². The average Bonchev–Trinajstić information content (AvgIpc) is 2.69. The predicted octanol–water partition coefficient (Wildman–Crippen LogP) is 5.33. The highest BCUT2D eigenvalue weighted by atomic mass is 14.9. The fourth-order valence-electron chi connectivity index (χ4n) is 3.24. The molecule has 1 heterocycles. The number of fused-ring (bicyclic) bond motifs is 1. The Bertz CT molecular complexity index is 973. The Balaban J connectivity index is 1.50. The SMILES string of the molecule is C(#Cc1ccc2c(c1)C/C(=C/c1ccccc1)CN2)Cc1ccccc1. The molecule has 26 heavy (non-hydrogen) atoms. The summed E-state index contributed by atoms with van der Waals surface area (Å²) in [6.45, 7) is 0.904. The smallest absolute Gasteiger partial charge is 0.0379 e. The van der Waals surface area contributed by atoms with E-state index in [0.29, 0.717) is 0 Å². The Hall–Kier alpha value is -3.24. The van der Waals surface area contributed by atoms with Crippen molar-refractivity contribution < 1.29 is 0 Å². The summed E-state index contributed by atoms with van der Waals surface area (Å²) in [5.74, 6) is 6.60. The Kier molecular flexibility index (Phi) is 4.85. The van der Waals surface area contributed by atoms with Crippen LogP contribution < -0.4 is 5.32 Å². The van der Waals surface area contributed by atoms with Gasteiger partial charge in [0, 0.05) is 24.2 Å². The molecule has 0 saturated carbocycles. The number of anilines is 1. The van der Waals surface area contributed by atoms with E-state index in [1.807, 2.05) is 6.07 Å². The standard InChI is InChI=1S/C25H21N/c1-3-8-20(9-4-1)12-7-13-22-14-15-25-24(17-22)18-23(19-26-25)16-21-10-5-2-6-11-21/h1-6,8-11,14-17,26H,12,18-19H2/b23-16-. The molecule has 1 nitrogen and oxygen atoms in total. The molecule has 126 valence electrons. The summed E-state index contributed by atoms with van der Waals surface area (Å²) in [6.07, 6.45) is 4.05. The highest BCUT2D eigenvalue weighted by Crippen LogP contribution is 2.26. The molecule has 0 aliphatic carbocycles. The molecule has 0 bridgehead atoms. The van der Waals surface area contributed by atoms with E-state index < -0.39 is 0 Å². The largest absolute Gasteiger partial charge is 0.381 e. The molecule has 0 saturated heterocycles. The van der Waals surface area contributed by atoms with Crippen LogP contribution in [-0.4, -0.2) is 6.54 Å². The fourth-order valence-corrected chi connectivity index (χ4v) is 3.24. The molecular formula is C25H21N. The van der Waals surface area contributed by atoms with Crippen LogP contribution in [0.5, 0.6) is 0 Å². The Morgan fingerprint density at radius 2 is 1.65 bits per heavy atom. The van der Waals surface area contributed by atoms with Gasteiger partial charge in [-0.25, -0.2) is 0 Å². The monoisotopic (exact) mass is 335 g/mol. The van der Waals surface area contributed by atoms with Crippen LogP contribution in [0.4, 0.5) is 5.69 Å². The molecule has 0 unspecified atom stereocenters. The van der Waals surface area contributed by atoms with E-state index in [4.69, 9.17) is 0 Å². The summed E-state index contributed by atoms with van der Waals surface area (Å²) in [6, 6.07) is 27.4. The third-order valence-electron chi connectivity index (χ3n) is 4.57. The van der Waals surface area contributed by atoms with Crippen molar-refractivity contribution in [2.45, 2.75) is 12.8 Å². The summed E-state index contributed by atoms with van der Waals surface area (Å²) in [5.41, 5.74) is 7.55. The molecule has 1 heteroatoms. The normalized spacial score (nSPS) is 14.1. The second-order valence-electron chi connectivity index (χ2n) is 6.58. The van der Waals surface area contributed by atoms with Crippen molar-refractivity contribution in [3.8, 4) is 11.8 Å². The van der Waals surface area contributed by atoms with Gasteiger partial charge in [0.05, 0.1) is 0 Å². The molecule has 0 amide bonds. The third-order valence-corrected chi connectivity index (χ3v) is 4.57. The van der Waals surface area contributed by atoms with Crippen molar-refractivity contribution in [3.63, 3.8) is 0 Å². The van der Waals surface area contributed by atoms with E-state index in [9.17, 15) is 0 Å². The minimum atomic E-state index is 0.787.